The summed E-state index contributed by atoms with van der Waals surface area (Å²) in [6.45, 7) is 11.7. The highest BCUT2D eigenvalue weighted by atomic mass is 127. The molecule has 0 aromatic rings. The first-order valence-corrected chi connectivity index (χ1v) is 8.16. The lowest BCUT2D eigenvalue weighted by atomic mass is 9.94. The first-order chi connectivity index (χ1) is 8.54. The Hall–Kier alpha value is 0.570. The van der Waals surface area contributed by atoms with Gasteiger partial charge in [-0.15, -0.1) is 0 Å². The van der Waals surface area contributed by atoms with E-state index in [1.807, 2.05) is 41.5 Å². The molecular weight excluding hydrogens is 359 g/mol. The summed E-state index contributed by atoms with van der Waals surface area (Å²) in [5.74, 6) is -0.806. The lowest BCUT2D eigenvalue weighted by Gasteiger charge is -2.40. The molecule has 0 saturated heterocycles. The summed E-state index contributed by atoms with van der Waals surface area (Å²) in [6.07, 6.45) is 4.07. The van der Waals surface area contributed by atoms with Crippen molar-refractivity contribution < 1.29 is 19.6 Å². The summed E-state index contributed by atoms with van der Waals surface area (Å²) < 4.78 is 0.212. The third-order valence-electron chi connectivity index (χ3n) is 2.58. The van der Waals surface area contributed by atoms with Crippen LogP contribution in [0.1, 0.15) is 67.2 Å². The van der Waals surface area contributed by atoms with Crippen molar-refractivity contribution >= 4 is 22.6 Å². The molecule has 1 aliphatic rings. The van der Waals surface area contributed by atoms with Gasteiger partial charge in [-0.2, -0.15) is 9.78 Å². The van der Waals surface area contributed by atoms with E-state index in [0.29, 0.717) is 0 Å². The topological polar surface area (TPSA) is 36.9 Å². The molecule has 4 nitrogen and oxygen atoms in total. The molecule has 0 aromatic heterocycles. The summed E-state index contributed by atoms with van der Waals surface area (Å²) in [5.41, 5.74) is -0.738. The molecule has 0 heterocycles. The second kappa shape index (κ2) is 6.56. The summed E-state index contributed by atoms with van der Waals surface area (Å²) in [5, 5.41) is 0. The van der Waals surface area contributed by atoms with E-state index in [1.165, 1.54) is 6.42 Å². The predicted octanol–water partition coefficient (Wildman–Crippen LogP) is 4.55. The zero-order chi connectivity index (χ0) is 14.7. The molecule has 5 heteroatoms. The average molecular weight is 386 g/mol. The molecular formula is C14H27IO4. The van der Waals surface area contributed by atoms with Gasteiger partial charge in [-0.05, 0) is 54.4 Å². The Morgan fingerprint density at radius 3 is 1.74 bits per heavy atom. The Bertz CT molecular complexity index is 262. The molecule has 1 aliphatic carbocycles. The fourth-order valence-electron chi connectivity index (χ4n) is 1.66. The van der Waals surface area contributed by atoms with E-state index in [2.05, 4.69) is 22.6 Å². The zero-order valence-electron chi connectivity index (χ0n) is 12.9. The maximum atomic E-state index is 5.69. The quantitative estimate of drug-likeness (QED) is 0.234. The maximum absolute atomic E-state index is 5.69. The third kappa shape index (κ3) is 6.25. The van der Waals surface area contributed by atoms with Gasteiger partial charge in [0.05, 0.1) is 15.1 Å². The zero-order valence-corrected chi connectivity index (χ0v) is 15.1. The van der Waals surface area contributed by atoms with Gasteiger partial charge in [-0.25, -0.2) is 9.78 Å². The van der Waals surface area contributed by atoms with Crippen molar-refractivity contribution in [2.75, 3.05) is 0 Å². The Balaban J connectivity index is 2.72. The maximum Gasteiger partial charge on any atom is 0.245 e. The Morgan fingerprint density at radius 1 is 0.895 bits per heavy atom. The molecule has 1 rings (SSSR count). The molecule has 0 aliphatic heterocycles. The van der Waals surface area contributed by atoms with Gasteiger partial charge in [-0.1, -0.05) is 29.0 Å². The highest BCUT2D eigenvalue weighted by Crippen LogP contribution is 2.40. The van der Waals surface area contributed by atoms with Crippen LogP contribution in [0.4, 0.5) is 0 Å². The van der Waals surface area contributed by atoms with Crippen molar-refractivity contribution in [3.63, 3.8) is 0 Å². The fourth-order valence-corrected chi connectivity index (χ4v) is 2.62. The van der Waals surface area contributed by atoms with Crippen molar-refractivity contribution in [3.05, 3.63) is 0 Å². The minimum Gasteiger partial charge on any atom is -0.228 e. The number of hydrogen-bond donors (Lipinski definition) is 0. The van der Waals surface area contributed by atoms with Crippen LogP contribution in [0.3, 0.4) is 0 Å². The van der Waals surface area contributed by atoms with Gasteiger partial charge in [0.1, 0.15) is 0 Å². The Labute approximate surface area is 130 Å². The van der Waals surface area contributed by atoms with Crippen molar-refractivity contribution in [3.8, 4) is 0 Å². The fraction of sp³-hybridized carbons (Fsp3) is 1.00. The first kappa shape index (κ1) is 17.6. The predicted molar refractivity (Wildman–Crippen MR) is 82.9 cm³/mol. The lowest BCUT2D eigenvalue weighted by Crippen LogP contribution is -2.49. The smallest absolute Gasteiger partial charge is 0.228 e. The summed E-state index contributed by atoms with van der Waals surface area (Å²) in [6, 6.07) is 0. The summed E-state index contributed by atoms with van der Waals surface area (Å²) in [4.78, 5) is 22.4. The first-order valence-electron chi connectivity index (χ1n) is 6.92. The number of hydrogen-bond acceptors (Lipinski definition) is 4. The number of halogens is 1. The van der Waals surface area contributed by atoms with E-state index in [9.17, 15) is 0 Å². The van der Waals surface area contributed by atoms with Gasteiger partial charge < -0.3 is 0 Å². The molecule has 1 atom stereocenters. The molecule has 1 saturated carbocycles. The monoisotopic (exact) mass is 386 g/mol. The van der Waals surface area contributed by atoms with Crippen molar-refractivity contribution in [2.45, 2.75) is 88.1 Å². The van der Waals surface area contributed by atoms with Gasteiger partial charge in [0, 0.05) is 6.42 Å². The molecule has 0 aromatic carbocycles. The van der Waals surface area contributed by atoms with Crippen LogP contribution in [0.2, 0.25) is 0 Å². The highest BCUT2D eigenvalue weighted by molar-refractivity contribution is 14.1. The van der Waals surface area contributed by atoms with Gasteiger partial charge in [-0.3, -0.25) is 0 Å². The molecule has 1 unspecified atom stereocenters. The lowest BCUT2D eigenvalue weighted by molar-refractivity contribution is -0.542. The molecule has 0 N–H and O–H groups in total. The van der Waals surface area contributed by atoms with E-state index in [1.54, 1.807) is 0 Å². The third-order valence-corrected chi connectivity index (χ3v) is 4.15. The van der Waals surface area contributed by atoms with Crippen molar-refractivity contribution in [1.29, 1.82) is 0 Å². The van der Waals surface area contributed by atoms with Crippen LogP contribution in [0.15, 0.2) is 0 Å². The van der Waals surface area contributed by atoms with Crippen LogP contribution in [-0.2, 0) is 19.6 Å². The van der Waals surface area contributed by atoms with Crippen LogP contribution in [-0.4, -0.2) is 20.9 Å². The van der Waals surface area contributed by atoms with E-state index in [-0.39, 0.29) is 15.1 Å². The van der Waals surface area contributed by atoms with Crippen molar-refractivity contribution in [1.82, 2.24) is 0 Å². The average Bonchev–Trinajstić information content (AvgIpc) is 2.24. The number of rotatable bonds is 4. The van der Waals surface area contributed by atoms with E-state index in [0.717, 1.165) is 19.3 Å². The van der Waals surface area contributed by atoms with Crippen LogP contribution >= 0.6 is 22.6 Å². The SMILES string of the molecule is CC(C)(C)OOC1(OOC(C)(C)C)CCCCC1I. The molecule has 114 valence electrons. The van der Waals surface area contributed by atoms with E-state index >= 15 is 0 Å². The summed E-state index contributed by atoms with van der Waals surface area (Å²) in [7, 11) is 0. The molecule has 0 spiro atoms. The minimum absolute atomic E-state index is 0.212. The van der Waals surface area contributed by atoms with E-state index < -0.39 is 5.79 Å². The molecule has 0 radical (unpaired) electrons. The van der Waals surface area contributed by atoms with Gasteiger partial charge in [0.15, 0.2) is 0 Å². The normalized spacial score (nSPS) is 24.5. The minimum atomic E-state index is -0.806. The van der Waals surface area contributed by atoms with Gasteiger partial charge >= 0.3 is 0 Å². The standard InChI is InChI=1S/C14H27IO4/c1-12(2,3)16-18-14(19-17-13(4,5)6)10-8-7-9-11(14)15/h11H,7-10H2,1-6H3. The highest BCUT2D eigenvalue weighted by Gasteiger charge is 2.46. The second-order valence-electron chi connectivity index (χ2n) is 7.08. The van der Waals surface area contributed by atoms with Crippen molar-refractivity contribution in [2.24, 2.45) is 0 Å². The number of alkyl halides is 1. The summed E-state index contributed by atoms with van der Waals surface area (Å²) >= 11 is 2.36. The van der Waals surface area contributed by atoms with Crippen LogP contribution in [0.25, 0.3) is 0 Å². The van der Waals surface area contributed by atoms with Gasteiger partial charge in [0.2, 0.25) is 5.79 Å². The Kier molecular flexibility index (Phi) is 6.08. The van der Waals surface area contributed by atoms with Crippen LogP contribution in [0, 0.1) is 0 Å². The van der Waals surface area contributed by atoms with E-state index in [4.69, 9.17) is 19.6 Å². The molecule has 1 fully saturated rings. The largest absolute Gasteiger partial charge is 0.245 e. The van der Waals surface area contributed by atoms with Crippen LogP contribution in [0.5, 0.6) is 0 Å². The molecule has 19 heavy (non-hydrogen) atoms. The second-order valence-corrected chi connectivity index (χ2v) is 8.59. The van der Waals surface area contributed by atoms with Crippen LogP contribution < -0.4 is 0 Å². The Morgan fingerprint density at radius 2 is 1.37 bits per heavy atom. The molecule has 0 bridgehead atoms. The molecule has 0 amide bonds. The van der Waals surface area contributed by atoms with Gasteiger partial charge in [0.25, 0.3) is 0 Å².